The van der Waals surface area contributed by atoms with E-state index in [1.54, 1.807) is 13.0 Å². The Morgan fingerprint density at radius 3 is 2.67 bits per heavy atom. The van der Waals surface area contributed by atoms with E-state index < -0.39 is 5.97 Å². The topological polar surface area (TPSA) is 37.3 Å². The lowest BCUT2D eigenvalue weighted by Gasteiger charge is -2.03. The SMILES string of the molecule is Cc1c(C(=O)O)ccc(Cl)c1Br. The molecule has 12 heavy (non-hydrogen) atoms. The molecule has 0 unspecified atom stereocenters. The largest absolute Gasteiger partial charge is 0.478 e. The quantitative estimate of drug-likeness (QED) is 0.830. The second-order valence-corrected chi connectivity index (χ2v) is 3.54. The van der Waals surface area contributed by atoms with E-state index in [0.29, 0.717) is 15.1 Å². The number of carboxylic acids is 1. The smallest absolute Gasteiger partial charge is 0.335 e. The number of benzene rings is 1. The van der Waals surface area contributed by atoms with E-state index >= 15 is 0 Å². The molecule has 64 valence electrons. The summed E-state index contributed by atoms with van der Waals surface area (Å²) in [6.45, 7) is 1.71. The molecule has 0 aliphatic carbocycles. The van der Waals surface area contributed by atoms with E-state index in [0.717, 1.165) is 0 Å². The summed E-state index contributed by atoms with van der Waals surface area (Å²) in [7, 11) is 0. The van der Waals surface area contributed by atoms with Crippen LogP contribution in [0.4, 0.5) is 0 Å². The third-order valence-corrected chi connectivity index (χ3v) is 3.13. The number of aromatic carboxylic acids is 1. The summed E-state index contributed by atoms with van der Waals surface area (Å²) in [6.07, 6.45) is 0. The van der Waals surface area contributed by atoms with Crippen molar-refractivity contribution in [1.29, 1.82) is 0 Å². The van der Waals surface area contributed by atoms with Crippen LogP contribution in [-0.2, 0) is 0 Å². The van der Waals surface area contributed by atoms with Gasteiger partial charge >= 0.3 is 5.97 Å². The lowest BCUT2D eigenvalue weighted by molar-refractivity contribution is 0.0696. The van der Waals surface area contributed by atoms with Gasteiger partial charge in [0.05, 0.1) is 10.6 Å². The summed E-state index contributed by atoms with van der Waals surface area (Å²) in [4.78, 5) is 10.6. The Labute approximate surface area is 83.3 Å². The fourth-order valence-corrected chi connectivity index (χ4v) is 1.43. The maximum absolute atomic E-state index is 10.6. The molecule has 0 bridgehead atoms. The Bertz CT molecular complexity index is 336. The first-order valence-electron chi connectivity index (χ1n) is 3.22. The van der Waals surface area contributed by atoms with E-state index in [9.17, 15) is 4.79 Å². The second kappa shape index (κ2) is 3.46. The number of carbonyl (C=O) groups is 1. The molecule has 0 spiro atoms. The Kier molecular flexibility index (Phi) is 2.75. The third-order valence-electron chi connectivity index (χ3n) is 1.57. The number of hydrogen-bond acceptors (Lipinski definition) is 1. The van der Waals surface area contributed by atoms with Crippen LogP contribution in [0.15, 0.2) is 16.6 Å². The highest BCUT2D eigenvalue weighted by Gasteiger charge is 2.10. The van der Waals surface area contributed by atoms with Crippen LogP contribution in [0, 0.1) is 6.92 Å². The summed E-state index contributed by atoms with van der Waals surface area (Å²) in [5.41, 5.74) is 0.918. The van der Waals surface area contributed by atoms with Gasteiger partial charge in [0.1, 0.15) is 0 Å². The van der Waals surface area contributed by atoms with Crippen LogP contribution in [0.5, 0.6) is 0 Å². The normalized spacial score (nSPS) is 9.92. The van der Waals surface area contributed by atoms with Gasteiger partial charge in [0, 0.05) is 4.47 Å². The lowest BCUT2D eigenvalue weighted by atomic mass is 10.1. The highest BCUT2D eigenvalue weighted by Crippen LogP contribution is 2.28. The van der Waals surface area contributed by atoms with Crippen LogP contribution in [0.3, 0.4) is 0 Å². The predicted octanol–water partition coefficient (Wildman–Crippen LogP) is 3.11. The number of carboxylic acid groups (broad SMARTS) is 1. The van der Waals surface area contributed by atoms with Crippen molar-refractivity contribution in [2.75, 3.05) is 0 Å². The average Bonchev–Trinajstić information content (AvgIpc) is 2.00. The van der Waals surface area contributed by atoms with E-state index in [1.165, 1.54) is 6.07 Å². The van der Waals surface area contributed by atoms with E-state index in [4.69, 9.17) is 16.7 Å². The Hall–Kier alpha value is -0.540. The molecule has 1 rings (SSSR count). The number of rotatable bonds is 1. The minimum Gasteiger partial charge on any atom is -0.478 e. The highest BCUT2D eigenvalue weighted by atomic mass is 79.9. The molecule has 0 aliphatic rings. The van der Waals surface area contributed by atoms with Gasteiger partial charge in [-0.05, 0) is 40.5 Å². The van der Waals surface area contributed by atoms with Crippen LogP contribution < -0.4 is 0 Å². The maximum Gasteiger partial charge on any atom is 0.335 e. The van der Waals surface area contributed by atoms with Gasteiger partial charge in [-0.1, -0.05) is 11.6 Å². The minimum atomic E-state index is -0.940. The van der Waals surface area contributed by atoms with Gasteiger partial charge < -0.3 is 5.11 Å². The van der Waals surface area contributed by atoms with Crippen molar-refractivity contribution in [3.8, 4) is 0 Å². The molecule has 4 heteroatoms. The molecule has 0 atom stereocenters. The molecule has 0 fully saturated rings. The Balaban J connectivity index is 3.36. The fourth-order valence-electron chi connectivity index (χ4n) is 0.884. The zero-order chi connectivity index (χ0) is 9.30. The van der Waals surface area contributed by atoms with Gasteiger partial charge in [-0.15, -0.1) is 0 Å². The predicted molar refractivity (Wildman–Crippen MR) is 50.8 cm³/mol. The maximum atomic E-state index is 10.6. The lowest BCUT2D eigenvalue weighted by Crippen LogP contribution is -1.99. The molecule has 1 aromatic carbocycles. The summed E-state index contributed by atoms with van der Waals surface area (Å²) >= 11 is 8.95. The Morgan fingerprint density at radius 1 is 1.58 bits per heavy atom. The number of halogens is 2. The van der Waals surface area contributed by atoms with Crippen molar-refractivity contribution < 1.29 is 9.90 Å². The average molecular weight is 249 g/mol. The van der Waals surface area contributed by atoms with Crippen LogP contribution in [0.1, 0.15) is 15.9 Å². The fraction of sp³-hybridized carbons (Fsp3) is 0.125. The molecule has 0 aromatic heterocycles. The van der Waals surface area contributed by atoms with Crippen molar-refractivity contribution in [2.24, 2.45) is 0 Å². The number of hydrogen-bond donors (Lipinski definition) is 1. The third kappa shape index (κ3) is 1.62. The first-order valence-corrected chi connectivity index (χ1v) is 4.39. The van der Waals surface area contributed by atoms with Gasteiger partial charge in [-0.2, -0.15) is 0 Å². The zero-order valence-electron chi connectivity index (χ0n) is 6.27. The van der Waals surface area contributed by atoms with Crippen LogP contribution in [-0.4, -0.2) is 11.1 Å². The molecule has 1 aromatic rings. The molecule has 0 saturated carbocycles. The van der Waals surface area contributed by atoms with E-state index in [-0.39, 0.29) is 5.56 Å². The monoisotopic (exact) mass is 248 g/mol. The second-order valence-electron chi connectivity index (χ2n) is 2.34. The van der Waals surface area contributed by atoms with E-state index in [1.807, 2.05) is 0 Å². The molecule has 0 radical (unpaired) electrons. The molecule has 0 heterocycles. The van der Waals surface area contributed by atoms with E-state index in [2.05, 4.69) is 15.9 Å². The van der Waals surface area contributed by atoms with Crippen molar-refractivity contribution in [3.63, 3.8) is 0 Å². The van der Waals surface area contributed by atoms with Gasteiger partial charge in [-0.3, -0.25) is 0 Å². The van der Waals surface area contributed by atoms with Crippen molar-refractivity contribution in [2.45, 2.75) is 6.92 Å². The Morgan fingerprint density at radius 2 is 2.17 bits per heavy atom. The summed E-state index contributed by atoms with van der Waals surface area (Å²) in [5.74, 6) is -0.940. The highest BCUT2D eigenvalue weighted by molar-refractivity contribution is 9.10. The zero-order valence-corrected chi connectivity index (χ0v) is 8.61. The first kappa shape index (κ1) is 9.55. The molecule has 2 nitrogen and oxygen atoms in total. The van der Waals surface area contributed by atoms with Crippen LogP contribution in [0.25, 0.3) is 0 Å². The summed E-state index contributed by atoms with van der Waals surface area (Å²) in [5, 5.41) is 9.24. The molecular weight excluding hydrogens is 243 g/mol. The molecule has 0 aliphatic heterocycles. The molecular formula is C8H6BrClO2. The van der Waals surface area contributed by atoms with Crippen molar-refractivity contribution in [1.82, 2.24) is 0 Å². The molecule has 0 amide bonds. The summed E-state index contributed by atoms with van der Waals surface area (Å²) in [6, 6.07) is 3.05. The standard InChI is InChI=1S/C8H6BrClO2/c1-4-5(8(11)12)2-3-6(10)7(4)9/h2-3H,1H3,(H,11,12). The summed E-state index contributed by atoms with van der Waals surface area (Å²) < 4.78 is 0.643. The van der Waals surface area contributed by atoms with Gasteiger partial charge in [0.15, 0.2) is 0 Å². The molecule has 0 saturated heterocycles. The first-order chi connectivity index (χ1) is 5.54. The van der Waals surface area contributed by atoms with Gasteiger partial charge in [-0.25, -0.2) is 4.79 Å². The minimum absolute atomic E-state index is 0.270. The van der Waals surface area contributed by atoms with Gasteiger partial charge in [0.25, 0.3) is 0 Å². The van der Waals surface area contributed by atoms with Gasteiger partial charge in [0.2, 0.25) is 0 Å². The van der Waals surface area contributed by atoms with Crippen molar-refractivity contribution >= 4 is 33.5 Å². The van der Waals surface area contributed by atoms with Crippen LogP contribution in [0.2, 0.25) is 5.02 Å². The van der Waals surface area contributed by atoms with Crippen molar-refractivity contribution in [3.05, 3.63) is 32.8 Å². The molecule has 1 N–H and O–H groups in total. The van der Waals surface area contributed by atoms with Crippen LogP contribution >= 0.6 is 27.5 Å².